The van der Waals surface area contributed by atoms with Crippen LogP contribution in [0.5, 0.6) is 5.75 Å². The summed E-state index contributed by atoms with van der Waals surface area (Å²) in [6, 6.07) is 18.3. The van der Waals surface area contributed by atoms with Gasteiger partial charge in [-0.15, -0.1) is 0 Å². The van der Waals surface area contributed by atoms with Gasteiger partial charge in [-0.25, -0.2) is 14.6 Å². The quantitative estimate of drug-likeness (QED) is 0.0667. The molecule has 6 rings (SSSR count). The number of nitrogens with one attached hydrogen (secondary N) is 1. The first-order valence-corrected chi connectivity index (χ1v) is 11.7. The van der Waals surface area contributed by atoms with E-state index in [1.807, 2.05) is 0 Å². The number of nitrogens with zero attached hydrogens (tertiary/aromatic N) is 1. The molecule has 0 unspecified atom stereocenters. The highest BCUT2D eigenvalue weighted by Crippen LogP contribution is 2.44. The average molecular weight is 518 g/mol. The maximum absolute atomic E-state index is 12.1. The van der Waals surface area contributed by atoms with Crippen LogP contribution in [0.1, 0.15) is 31.8 Å². The van der Waals surface area contributed by atoms with E-state index in [-0.39, 0.29) is 39.3 Å². The van der Waals surface area contributed by atoms with Crippen LogP contribution in [0.25, 0.3) is 43.1 Å². The van der Waals surface area contributed by atoms with Crippen molar-refractivity contribution in [3.63, 3.8) is 0 Å². The Balaban J connectivity index is 1.80. The summed E-state index contributed by atoms with van der Waals surface area (Å²) in [5.74, 6) is -3.59. The molecular weight excluding hydrogens is 500 g/mol. The maximum atomic E-state index is 12.1. The van der Waals surface area contributed by atoms with Crippen molar-refractivity contribution in [2.75, 3.05) is 0 Å². The second-order valence-electron chi connectivity index (χ2n) is 9.05. The first kappa shape index (κ1) is 23.7. The van der Waals surface area contributed by atoms with Crippen LogP contribution in [-0.2, 0) is 0 Å². The fourth-order valence-corrected chi connectivity index (χ4v) is 5.34. The Kier molecular flexibility index (Phi) is 5.11. The van der Waals surface area contributed by atoms with E-state index >= 15 is 0 Å². The van der Waals surface area contributed by atoms with Gasteiger partial charge in [-0.3, -0.25) is 5.41 Å². The number of aromatic carboxylic acids is 2. The number of phenolic OH excluding ortho intramolecular Hbond substituents is 1. The molecule has 6 aromatic carbocycles. The van der Waals surface area contributed by atoms with Crippen LogP contribution in [-0.4, -0.2) is 49.3 Å². The number of fused-ring (bicyclic) bond motifs is 2. The van der Waals surface area contributed by atoms with E-state index < -0.39 is 17.8 Å². The summed E-state index contributed by atoms with van der Waals surface area (Å²) in [6.07, 6.45) is 0. The number of benzene rings is 6. The van der Waals surface area contributed by atoms with Gasteiger partial charge in [-0.2, -0.15) is 0 Å². The van der Waals surface area contributed by atoms with Gasteiger partial charge in [-0.05, 0) is 80.8 Å². The highest BCUT2D eigenvalue weighted by molar-refractivity contribution is 6.38. The van der Waals surface area contributed by atoms with Crippen LogP contribution in [0, 0.1) is 5.41 Å². The fraction of sp³-hybridized carbons (Fsp3) is 0. The number of aliphatic hydroxyl groups is 2. The van der Waals surface area contributed by atoms with Crippen LogP contribution in [0.15, 0.2) is 77.8 Å². The Morgan fingerprint density at radius 1 is 0.538 bits per heavy atom. The van der Waals surface area contributed by atoms with E-state index in [1.165, 1.54) is 42.5 Å². The summed E-state index contributed by atoms with van der Waals surface area (Å²) < 4.78 is 0. The monoisotopic (exact) mass is 518 g/mol. The number of hydrogen-bond acceptors (Lipinski definition) is 5. The van der Waals surface area contributed by atoms with E-state index in [4.69, 9.17) is 5.41 Å². The Labute approximate surface area is 219 Å². The van der Waals surface area contributed by atoms with Gasteiger partial charge in [0.1, 0.15) is 5.75 Å². The molecule has 0 aliphatic carbocycles. The van der Waals surface area contributed by atoms with E-state index in [0.717, 1.165) is 0 Å². The van der Waals surface area contributed by atoms with Crippen molar-refractivity contribution in [1.82, 2.24) is 0 Å². The number of aliphatic hydroxyl groups excluding tert-OH is 2. The highest BCUT2D eigenvalue weighted by atomic mass is 16.4. The number of carboxylic acid groups (broad SMARTS) is 2. The third kappa shape index (κ3) is 3.48. The first-order chi connectivity index (χ1) is 18.7. The maximum Gasteiger partial charge on any atom is 0.336 e. The minimum Gasteiger partial charge on any atom is -0.508 e. The second kappa shape index (κ2) is 8.42. The number of rotatable bonds is 5. The lowest BCUT2D eigenvalue weighted by molar-refractivity contribution is 0.0695. The molecule has 6 aromatic rings. The SMILES string of the molecule is N=C(O)c1ccc2c3ccc(C(=O)O)c4c(C(=O)O)ccc(c5ccc(C(O)=Nc6ccc(O)cc6)c1c25)c43. The van der Waals surface area contributed by atoms with Gasteiger partial charge < -0.3 is 25.5 Å². The third-order valence-corrected chi connectivity index (χ3v) is 6.94. The summed E-state index contributed by atoms with van der Waals surface area (Å²) in [4.78, 5) is 28.4. The van der Waals surface area contributed by atoms with Crippen LogP contribution < -0.4 is 0 Å². The highest BCUT2D eigenvalue weighted by Gasteiger charge is 2.24. The molecule has 0 saturated heterocycles. The molecule has 39 heavy (non-hydrogen) atoms. The number of aromatic hydroxyl groups is 1. The van der Waals surface area contributed by atoms with E-state index in [2.05, 4.69) is 4.99 Å². The number of hydrogen-bond donors (Lipinski definition) is 6. The van der Waals surface area contributed by atoms with Crippen LogP contribution in [0.4, 0.5) is 5.69 Å². The standard InChI is InChI=1S/C30H18N2O7/c31-27(34)19-9-5-15-17-7-11-21(29(36)37)26-22(30(38)39)12-8-18(24(17)26)16-6-10-20(25(19)23(15)16)28(35)32-13-1-3-14(33)4-2-13/h1-12,33H,(H2,31,34)(H,32,35)(H,36,37)(H,38,39). The largest absolute Gasteiger partial charge is 0.508 e. The molecule has 0 saturated carbocycles. The molecule has 9 heteroatoms. The summed E-state index contributed by atoms with van der Waals surface area (Å²) in [5.41, 5.74) is 0.459. The minimum absolute atomic E-state index is 0.0380. The lowest BCUT2D eigenvalue weighted by Crippen LogP contribution is -2.07. The summed E-state index contributed by atoms with van der Waals surface area (Å²) in [6.45, 7) is 0. The lowest BCUT2D eigenvalue weighted by Gasteiger charge is -2.19. The smallest absolute Gasteiger partial charge is 0.336 e. The lowest BCUT2D eigenvalue weighted by atomic mass is 9.84. The van der Waals surface area contributed by atoms with Crippen molar-refractivity contribution in [2.24, 2.45) is 4.99 Å². The third-order valence-electron chi connectivity index (χ3n) is 6.94. The number of carboxylic acids is 2. The molecule has 0 bridgehead atoms. The van der Waals surface area contributed by atoms with Crippen LogP contribution in [0.2, 0.25) is 0 Å². The van der Waals surface area contributed by atoms with Crippen molar-refractivity contribution in [2.45, 2.75) is 0 Å². The van der Waals surface area contributed by atoms with Crippen LogP contribution in [0.3, 0.4) is 0 Å². The molecule has 9 nitrogen and oxygen atoms in total. The fourth-order valence-electron chi connectivity index (χ4n) is 5.34. The number of phenols is 1. The predicted octanol–water partition coefficient (Wildman–Crippen LogP) is 6.36. The van der Waals surface area contributed by atoms with Gasteiger partial charge in [-0.1, -0.05) is 24.3 Å². The Hall–Kier alpha value is -5.70. The van der Waals surface area contributed by atoms with Gasteiger partial charge in [0.05, 0.1) is 16.8 Å². The van der Waals surface area contributed by atoms with Gasteiger partial charge in [0.15, 0.2) is 0 Å². The van der Waals surface area contributed by atoms with Crippen molar-refractivity contribution >= 4 is 72.5 Å². The predicted molar refractivity (Wildman–Crippen MR) is 148 cm³/mol. The zero-order valence-electron chi connectivity index (χ0n) is 19.9. The molecule has 0 fully saturated rings. The average Bonchev–Trinajstić information content (AvgIpc) is 2.91. The molecule has 0 aliphatic rings. The van der Waals surface area contributed by atoms with E-state index in [9.17, 15) is 35.1 Å². The zero-order valence-corrected chi connectivity index (χ0v) is 19.9. The molecule has 0 spiro atoms. The number of aliphatic imine (C=N–C) groups is 1. The Bertz CT molecular complexity index is 1990. The van der Waals surface area contributed by atoms with Gasteiger partial charge in [0.25, 0.3) is 0 Å². The van der Waals surface area contributed by atoms with E-state index in [0.29, 0.717) is 43.4 Å². The van der Waals surface area contributed by atoms with Crippen molar-refractivity contribution < 1.29 is 35.1 Å². The molecule has 0 aromatic heterocycles. The van der Waals surface area contributed by atoms with Gasteiger partial charge in [0, 0.05) is 21.9 Å². The molecule has 0 heterocycles. The number of carbonyl (C=O) groups is 2. The summed E-state index contributed by atoms with van der Waals surface area (Å²) >= 11 is 0. The second-order valence-corrected chi connectivity index (χ2v) is 9.05. The minimum atomic E-state index is -1.26. The molecular formula is C30H18N2O7. The normalized spacial score (nSPS) is 12.1. The van der Waals surface area contributed by atoms with Crippen molar-refractivity contribution in [3.05, 3.63) is 95.1 Å². The molecule has 0 aliphatic heterocycles. The molecule has 0 atom stereocenters. The van der Waals surface area contributed by atoms with Gasteiger partial charge >= 0.3 is 11.9 Å². The van der Waals surface area contributed by atoms with Gasteiger partial charge in [0.2, 0.25) is 11.8 Å². The van der Waals surface area contributed by atoms with Crippen molar-refractivity contribution in [3.8, 4) is 5.75 Å². The zero-order chi connectivity index (χ0) is 27.6. The summed E-state index contributed by atoms with van der Waals surface area (Å²) in [5, 5.41) is 62.4. The summed E-state index contributed by atoms with van der Waals surface area (Å²) in [7, 11) is 0. The molecule has 190 valence electrons. The van der Waals surface area contributed by atoms with Crippen LogP contribution >= 0.6 is 0 Å². The molecule has 0 amide bonds. The topological polar surface area (TPSA) is 171 Å². The van der Waals surface area contributed by atoms with Crippen molar-refractivity contribution in [1.29, 1.82) is 5.41 Å². The molecule has 0 radical (unpaired) electrons. The Morgan fingerprint density at radius 3 is 1.38 bits per heavy atom. The first-order valence-electron chi connectivity index (χ1n) is 11.7. The van der Waals surface area contributed by atoms with E-state index in [1.54, 1.807) is 30.3 Å². The Morgan fingerprint density at radius 2 is 0.949 bits per heavy atom. The molecule has 6 N–H and O–H groups in total.